The molecule has 5 aromatic rings. The van der Waals surface area contributed by atoms with Crippen LogP contribution in [0.5, 0.6) is 5.75 Å². The second-order valence-electron chi connectivity index (χ2n) is 11.2. The zero-order valence-corrected chi connectivity index (χ0v) is 24.9. The molecule has 1 saturated carbocycles. The van der Waals surface area contributed by atoms with E-state index < -0.39 is 17.8 Å². The molecular formula is C36H30F3N5O2. The number of anilines is 1. The summed E-state index contributed by atoms with van der Waals surface area (Å²) in [5, 5.41) is 15.7. The average molecular weight is 622 g/mol. The van der Waals surface area contributed by atoms with E-state index in [9.17, 15) is 23.2 Å². The van der Waals surface area contributed by atoms with E-state index in [4.69, 9.17) is 4.74 Å². The molecule has 1 atom stereocenters. The number of halogens is 3. The van der Waals surface area contributed by atoms with Crippen LogP contribution in [0.1, 0.15) is 57.3 Å². The molecule has 1 heterocycles. The van der Waals surface area contributed by atoms with Crippen molar-refractivity contribution in [2.45, 2.75) is 37.7 Å². The van der Waals surface area contributed by atoms with Crippen LogP contribution >= 0.6 is 0 Å². The van der Waals surface area contributed by atoms with Crippen molar-refractivity contribution in [3.05, 3.63) is 143 Å². The van der Waals surface area contributed by atoms with Crippen molar-refractivity contribution in [1.29, 1.82) is 5.26 Å². The van der Waals surface area contributed by atoms with E-state index in [-0.39, 0.29) is 23.0 Å². The van der Waals surface area contributed by atoms with Gasteiger partial charge >= 0.3 is 6.18 Å². The number of aromatic nitrogens is 2. The molecule has 46 heavy (non-hydrogen) atoms. The van der Waals surface area contributed by atoms with Crippen molar-refractivity contribution < 1.29 is 22.7 Å². The standard InChI is InChI=1S/C36H30F3N5O2/c1-43(29-15-16-29)34(26-13-17-31(18-14-26)46-23-24-7-3-2-4-8-24)27-10-6-11-28(20-27)41-35(45)32-21-33(36(37,38)39)42-44(32)30-12-5-9-25(19-30)22-40/h2-14,17-21,29,34H,15-16,23H2,1H3,(H,41,45). The highest BCUT2D eigenvalue weighted by atomic mass is 19.4. The molecule has 4 aromatic carbocycles. The molecule has 10 heteroatoms. The summed E-state index contributed by atoms with van der Waals surface area (Å²) in [6.45, 7) is 0.459. The molecule has 1 aliphatic rings. The summed E-state index contributed by atoms with van der Waals surface area (Å²) in [5.41, 5.74) is 2.31. The Bertz CT molecular complexity index is 1880. The maximum Gasteiger partial charge on any atom is 0.435 e. The van der Waals surface area contributed by atoms with Gasteiger partial charge in [-0.1, -0.05) is 60.7 Å². The molecule has 0 bridgehead atoms. The summed E-state index contributed by atoms with van der Waals surface area (Å²) >= 11 is 0. The van der Waals surface area contributed by atoms with Gasteiger partial charge in [-0.2, -0.15) is 23.5 Å². The van der Waals surface area contributed by atoms with Gasteiger partial charge in [0.25, 0.3) is 5.91 Å². The summed E-state index contributed by atoms with van der Waals surface area (Å²) < 4.78 is 47.9. The van der Waals surface area contributed by atoms with Gasteiger partial charge in [-0.25, -0.2) is 4.68 Å². The van der Waals surface area contributed by atoms with Crippen molar-refractivity contribution >= 4 is 11.6 Å². The Morgan fingerprint density at radius 3 is 2.41 bits per heavy atom. The van der Waals surface area contributed by atoms with Crippen molar-refractivity contribution in [1.82, 2.24) is 14.7 Å². The van der Waals surface area contributed by atoms with Crippen molar-refractivity contribution in [2.24, 2.45) is 0 Å². The van der Waals surface area contributed by atoms with E-state index in [0.717, 1.165) is 40.0 Å². The smallest absolute Gasteiger partial charge is 0.435 e. The lowest BCUT2D eigenvalue weighted by Gasteiger charge is -2.29. The van der Waals surface area contributed by atoms with Gasteiger partial charge in [0, 0.05) is 17.8 Å². The minimum Gasteiger partial charge on any atom is -0.489 e. The SMILES string of the molecule is CN(C1CC1)C(c1ccc(OCc2ccccc2)cc1)c1cccc(NC(=O)c2cc(C(F)(F)F)nn2-c2cccc(C#N)c2)c1. The number of carbonyl (C=O) groups is 1. The quantitative estimate of drug-likeness (QED) is 0.172. The third-order valence-corrected chi connectivity index (χ3v) is 7.89. The van der Waals surface area contributed by atoms with Crippen LogP contribution in [-0.4, -0.2) is 33.7 Å². The minimum absolute atomic E-state index is 0.136. The molecule has 1 fully saturated rings. The Labute approximate surface area is 264 Å². The Morgan fingerprint density at radius 2 is 1.72 bits per heavy atom. The number of nitrogens with zero attached hydrogens (tertiary/aromatic N) is 4. The van der Waals surface area contributed by atoms with Crippen LogP contribution < -0.4 is 10.1 Å². The Balaban J connectivity index is 1.26. The molecule has 1 amide bonds. The van der Waals surface area contributed by atoms with E-state index in [1.807, 2.05) is 78.9 Å². The Hall–Kier alpha value is -5.40. The highest BCUT2D eigenvalue weighted by Gasteiger charge is 2.36. The van der Waals surface area contributed by atoms with Crippen LogP contribution in [0, 0.1) is 11.3 Å². The number of alkyl halides is 3. The molecule has 0 saturated heterocycles. The number of amides is 1. The zero-order chi connectivity index (χ0) is 32.3. The van der Waals surface area contributed by atoms with E-state index in [1.54, 1.807) is 6.07 Å². The van der Waals surface area contributed by atoms with Gasteiger partial charge in [-0.3, -0.25) is 9.69 Å². The Kier molecular flexibility index (Phi) is 8.59. The van der Waals surface area contributed by atoms with Crippen molar-refractivity contribution in [3.8, 4) is 17.5 Å². The molecule has 1 N–H and O–H groups in total. The van der Waals surface area contributed by atoms with Gasteiger partial charge in [-0.15, -0.1) is 0 Å². The zero-order valence-electron chi connectivity index (χ0n) is 24.9. The maximum absolute atomic E-state index is 13.7. The van der Waals surface area contributed by atoms with Gasteiger partial charge in [0.2, 0.25) is 0 Å². The number of ether oxygens (including phenoxy) is 1. The van der Waals surface area contributed by atoms with E-state index >= 15 is 0 Å². The highest BCUT2D eigenvalue weighted by Crippen LogP contribution is 2.38. The van der Waals surface area contributed by atoms with Gasteiger partial charge in [-0.05, 0) is 79.0 Å². The minimum atomic E-state index is -4.77. The first-order chi connectivity index (χ1) is 22.2. The van der Waals surface area contributed by atoms with E-state index in [0.29, 0.717) is 24.4 Å². The number of nitriles is 1. The lowest BCUT2D eigenvalue weighted by atomic mass is 9.96. The monoisotopic (exact) mass is 621 g/mol. The number of carbonyl (C=O) groups excluding carboxylic acids is 1. The lowest BCUT2D eigenvalue weighted by Crippen LogP contribution is -2.27. The normalized spacial score (nSPS) is 13.7. The van der Waals surface area contributed by atoms with E-state index in [2.05, 4.69) is 22.4 Å². The van der Waals surface area contributed by atoms with E-state index in [1.165, 1.54) is 24.3 Å². The van der Waals surface area contributed by atoms with Crippen molar-refractivity contribution in [2.75, 3.05) is 12.4 Å². The molecule has 7 nitrogen and oxygen atoms in total. The van der Waals surface area contributed by atoms with Crippen molar-refractivity contribution in [3.63, 3.8) is 0 Å². The fraction of sp³-hybridized carbons (Fsp3) is 0.194. The highest BCUT2D eigenvalue weighted by molar-refractivity contribution is 6.03. The fourth-order valence-corrected chi connectivity index (χ4v) is 5.41. The second-order valence-corrected chi connectivity index (χ2v) is 11.2. The predicted molar refractivity (Wildman–Crippen MR) is 168 cm³/mol. The molecule has 0 radical (unpaired) electrons. The number of nitrogens with one attached hydrogen (secondary N) is 1. The summed E-state index contributed by atoms with van der Waals surface area (Å²) in [5.74, 6) is -0.0221. The van der Waals surface area contributed by atoms with Crippen LogP contribution in [-0.2, 0) is 12.8 Å². The third kappa shape index (κ3) is 6.95. The van der Waals surface area contributed by atoms with Gasteiger partial charge in [0.15, 0.2) is 5.69 Å². The molecule has 1 aliphatic carbocycles. The lowest BCUT2D eigenvalue weighted by molar-refractivity contribution is -0.141. The molecule has 1 unspecified atom stereocenters. The number of benzene rings is 4. The first kappa shape index (κ1) is 30.6. The number of hydrogen-bond donors (Lipinski definition) is 1. The first-order valence-electron chi connectivity index (χ1n) is 14.8. The van der Waals surface area contributed by atoms with Gasteiger partial charge in [0.05, 0.1) is 23.4 Å². The van der Waals surface area contributed by atoms with Crippen LogP contribution in [0.4, 0.5) is 18.9 Å². The molecule has 0 spiro atoms. The van der Waals surface area contributed by atoms with Gasteiger partial charge in [0.1, 0.15) is 18.1 Å². The first-order valence-corrected chi connectivity index (χ1v) is 14.8. The molecule has 6 rings (SSSR count). The Morgan fingerprint density at radius 1 is 0.978 bits per heavy atom. The number of rotatable bonds is 10. The summed E-state index contributed by atoms with van der Waals surface area (Å²) in [7, 11) is 2.07. The van der Waals surface area contributed by atoms with Crippen LogP contribution in [0.25, 0.3) is 5.69 Å². The fourth-order valence-electron chi connectivity index (χ4n) is 5.41. The molecule has 0 aliphatic heterocycles. The number of hydrogen-bond acceptors (Lipinski definition) is 5. The second kappa shape index (κ2) is 12.9. The van der Waals surface area contributed by atoms with Crippen LogP contribution in [0.15, 0.2) is 109 Å². The summed E-state index contributed by atoms with van der Waals surface area (Å²) in [6, 6.07) is 34.0. The third-order valence-electron chi connectivity index (χ3n) is 7.89. The van der Waals surface area contributed by atoms with Gasteiger partial charge < -0.3 is 10.1 Å². The van der Waals surface area contributed by atoms with Crippen LogP contribution in [0.2, 0.25) is 0 Å². The predicted octanol–water partition coefficient (Wildman–Crippen LogP) is 7.78. The van der Waals surface area contributed by atoms with Crippen LogP contribution in [0.3, 0.4) is 0 Å². The summed E-state index contributed by atoms with van der Waals surface area (Å²) in [6.07, 6.45) is -2.60. The topological polar surface area (TPSA) is 83.2 Å². The largest absolute Gasteiger partial charge is 0.489 e. The summed E-state index contributed by atoms with van der Waals surface area (Å²) in [4.78, 5) is 15.8. The molecule has 1 aromatic heterocycles. The maximum atomic E-state index is 13.7. The average Bonchev–Trinajstić information content (AvgIpc) is 3.81. The molecular weight excluding hydrogens is 591 g/mol. The molecule has 232 valence electrons.